The van der Waals surface area contributed by atoms with Gasteiger partial charge in [-0.05, 0) is 37.3 Å². The molecule has 25 heavy (non-hydrogen) atoms. The highest BCUT2D eigenvalue weighted by molar-refractivity contribution is 7.80. The van der Waals surface area contributed by atoms with Crippen LogP contribution in [-0.4, -0.2) is 10.0 Å². The van der Waals surface area contributed by atoms with Crippen molar-refractivity contribution in [2.75, 3.05) is 5.32 Å². The minimum atomic E-state index is -0.491. The first-order chi connectivity index (χ1) is 11.9. The van der Waals surface area contributed by atoms with Crippen LogP contribution >= 0.6 is 23.8 Å². The molecule has 3 aromatic rings. The number of benzene rings is 2. The van der Waals surface area contributed by atoms with E-state index in [4.69, 9.17) is 28.2 Å². The van der Waals surface area contributed by atoms with E-state index in [0.717, 1.165) is 16.7 Å². The van der Waals surface area contributed by atoms with E-state index in [1.165, 1.54) is 18.2 Å². The zero-order valence-corrected chi connectivity index (χ0v) is 14.7. The highest BCUT2D eigenvalue weighted by Gasteiger charge is 2.15. The molecule has 0 aliphatic carbocycles. The number of fused-ring (bicyclic) bond motifs is 1. The topological polar surface area (TPSA) is 80.3 Å². The molecule has 1 atom stereocenters. The van der Waals surface area contributed by atoms with Crippen molar-refractivity contribution in [3.63, 3.8) is 0 Å². The van der Waals surface area contributed by atoms with Crippen molar-refractivity contribution in [2.24, 2.45) is 0 Å². The number of hydrogen-bond acceptors (Lipinski definition) is 4. The molecule has 0 bridgehead atoms. The van der Waals surface area contributed by atoms with E-state index in [0.29, 0.717) is 10.7 Å². The van der Waals surface area contributed by atoms with Crippen molar-refractivity contribution in [3.05, 3.63) is 69.4 Å². The molecule has 2 aromatic carbocycles. The summed E-state index contributed by atoms with van der Waals surface area (Å²) >= 11 is 11.3. The highest BCUT2D eigenvalue weighted by atomic mass is 35.5. The van der Waals surface area contributed by atoms with Crippen LogP contribution in [0.3, 0.4) is 0 Å². The number of non-ortho nitro benzene ring substituents is 1. The van der Waals surface area contributed by atoms with Gasteiger partial charge in [0, 0.05) is 17.5 Å². The molecule has 0 aliphatic heterocycles. The number of nitrogens with zero attached hydrogens (tertiary/aromatic N) is 1. The summed E-state index contributed by atoms with van der Waals surface area (Å²) in [6.07, 6.45) is 0. The van der Waals surface area contributed by atoms with Crippen molar-refractivity contribution < 1.29 is 9.34 Å². The highest BCUT2D eigenvalue weighted by Crippen LogP contribution is 2.27. The predicted octanol–water partition coefficient (Wildman–Crippen LogP) is 5.04. The Morgan fingerprint density at radius 2 is 2.04 bits per heavy atom. The maximum Gasteiger partial charge on any atom is 0.271 e. The lowest BCUT2D eigenvalue weighted by molar-refractivity contribution is -0.384. The largest absolute Gasteiger partial charge is 0.459 e. The molecule has 0 saturated heterocycles. The number of hydrogen-bond donors (Lipinski definition) is 2. The van der Waals surface area contributed by atoms with Crippen LogP contribution < -0.4 is 10.6 Å². The summed E-state index contributed by atoms with van der Waals surface area (Å²) in [6, 6.07) is 13.6. The van der Waals surface area contributed by atoms with Gasteiger partial charge >= 0.3 is 0 Å². The van der Waals surface area contributed by atoms with Crippen LogP contribution in [0.15, 0.2) is 52.9 Å². The molecule has 128 valence electrons. The quantitative estimate of drug-likeness (QED) is 0.377. The number of thiocarbonyl (C=S) groups is 1. The average Bonchev–Trinajstić information content (AvgIpc) is 3.01. The number of rotatable bonds is 4. The number of nitrogens with one attached hydrogen (secondary N) is 2. The van der Waals surface area contributed by atoms with Gasteiger partial charge in [-0.2, -0.15) is 0 Å². The standard InChI is InChI=1S/C17H14ClN3O3S/c1-10(16-8-11-4-2-3-5-15(11)24-16)19-17(25)20-14-9-12(21(22)23)6-7-13(14)18/h2-10H,1H3,(H2,19,20,25)/t10-/m1/s1. The zero-order chi connectivity index (χ0) is 18.0. The third kappa shape index (κ3) is 3.89. The van der Waals surface area contributed by atoms with Gasteiger partial charge in [-0.15, -0.1) is 0 Å². The molecule has 0 saturated carbocycles. The average molecular weight is 376 g/mol. The van der Waals surface area contributed by atoms with E-state index >= 15 is 0 Å². The van der Waals surface area contributed by atoms with Crippen LogP contribution in [0, 0.1) is 10.1 Å². The van der Waals surface area contributed by atoms with Gasteiger partial charge in [0.15, 0.2) is 5.11 Å². The SMILES string of the molecule is C[C@@H](NC(=S)Nc1cc([N+](=O)[O-])ccc1Cl)c1cc2ccccc2o1. The summed E-state index contributed by atoms with van der Waals surface area (Å²) in [5, 5.41) is 18.5. The monoisotopic (exact) mass is 375 g/mol. The Morgan fingerprint density at radius 3 is 2.76 bits per heavy atom. The first-order valence-electron chi connectivity index (χ1n) is 7.44. The summed E-state index contributed by atoms with van der Waals surface area (Å²) in [6.45, 7) is 1.90. The zero-order valence-electron chi connectivity index (χ0n) is 13.2. The number of anilines is 1. The molecule has 0 unspecified atom stereocenters. The molecule has 0 fully saturated rings. The Labute approximate surface area is 153 Å². The summed E-state index contributed by atoms with van der Waals surface area (Å²) in [4.78, 5) is 10.4. The minimum absolute atomic E-state index is 0.0694. The lowest BCUT2D eigenvalue weighted by Crippen LogP contribution is -2.30. The van der Waals surface area contributed by atoms with Crippen LogP contribution in [-0.2, 0) is 0 Å². The van der Waals surface area contributed by atoms with E-state index in [1.54, 1.807) is 0 Å². The van der Waals surface area contributed by atoms with E-state index in [2.05, 4.69) is 10.6 Å². The fourth-order valence-corrected chi connectivity index (χ4v) is 2.82. The molecule has 1 aromatic heterocycles. The van der Waals surface area contributed by atoms with E-state index in [9.17, 15) is 10.1 Å². The maximum absolute atomic E-state index is 10.9. The molecule has 0 radical (unpaired) electrons. The first-order valence-corrected chi connectivity index (χ1v) is 8.22. The Hall–Kier alpha value is -2.64. The molecule has 6 nitrogen and oxygen atoms in total. The maximum atomic E-state index is 10.9. The van der Waals surface area contributed by atoms with Crippen LogP contribution in [0.2, 0.25) is 5.02 Å². The lowest BCUT2D eigenvalue weighted by Gasteiger charge is -2.15. The fraction of sp³-hybridized carbons (Fsp3) is 0.118. The summed E-state index contributed by atoms with van der Waals surface area (Å²) < 4.78 is 5.79. The molecular formula is C17H14ClN3O3S. The normalized spacial score (nSPS) is 11.9. The van der Waals surface area contributed by atoms with E-state index < -0.39 is 4.92 Å². The van der Waals surface area contributed by atoms with E-state index in [1.807, 2.05) is 37.3 Å². The second-order valence-electron chi connectivity index (χ2n) is 5.43. The summed E-state index contributed by atoms with van der Waals surface area (Å²) in [5.74, 6) is 0.732. The summed E-state index contributed by atoms with van der Waals surface area (Å²) in [5.41, 5.74) is 1.09. The van der Waals surface area contributed by atoms with Crippen molar-refractivity contribution >= 4 is 51.3 Å². The predicted molar refractivity (Wildman–Crippen MR) is 102 cm³/mol. The van der Waals surface area contributed by atoms with Crippen LogP contribution in [0.1, 0.15) is 18.7 Å². The van der Waals surface area contributed by atoms with Gasteiger partial charge in [0.05, 0.1) is 21.7 Å². The van der Waals surface area contributed by atoms with Crippen molar-refractivity contribution in [1.82, 2.24) is 5.32 Å². The van der Waals surface area contributed by atoms with Crippen molar-refractivity contribution in [1.29, 1.82) is 0 Å². The number of furan rings is 1. The van der Waals surface area contributed by atoms with Gasteiger partial charge in [-0.25, -0.2) is 0 Å². The van der Waals surface area contributed by atoms with Gasteiger partial charge in [0.2, 0.25) is 0 Å². The Kier molecular flexibility index (Phi) is 4.87. The van der Waals surface area contributed by atoms with Crippen molar-refractivity contribution in [3.8, 4) is 0 Å². The number of nitro groups is 1. The van der Waals surface area contributed by atoms with Gasteiger partial charge in [0.1, 0.15) is 11.3 Å². The molecule has 0 spiro atoms. The molecule has 0 aliphatic rings. The van der Waals surface area contributed by atoms with Crippen molar-refractivity contribution in [2.45, 2.75) is 13.0 Å². The third-order valence-corrected chi connectivity index (χ3v) is 4.18. The number of para-hydroxylation sites is 1. The second kappa shape index (κ2) is 7.08. The van der Waals surface area contributed by atoms with Gasteiger partial charge < -0.3 is 15.1 Å². The summed E-state index contributed by atoms with van der Waals surface area (Å²) in [7, 11) is 0. The van der Waals surface area contributed by atoms with Gasteiger partial charge in [-0.1, -0.05) is 29.8 Å². The van der Waals surface area contributed by atoms with Crippen LogP contribution in [0.25, 0.3) is 11.0 Å². The Balaban J connectivity index is 1.71. The minimum Gasteiger partial charge on any atom is -0.459 e. The Morgan fingerprint density at radius 1 is 1.28 bits per heavy atom. The molecule has 3 rings (SSSR count). The Bertz CT molecular complexity index is 924. The van der Waals surface area contributed by atoms with E-state index in [-0.39, 0.29) is 16.8 Å². The number of nitro benzene ring substituents is 1. The van der Waals surface area contributed by atoms with Crippen LogP contribution in [0.4, 0.5) is 11.4 Å². The first kappa shape index (κ1) is 17.2. The smallest absolute Gasteiger partial charge is 0.271 e. The molecule has 8 heteroatoms. The fourth-order valence-electron chi connectivity index (χ4n) is 2.36. The van der Waals surface area contributed by atoms with Gasteiger partial charge in [0.25, 0.3) is 5.69 Å². The van der Waals surface area contributed by atoms with Gasteiger partial charge in [-0.3, -0.25) is 10.1 Å². The molecule has 1 heterocycles. The lowest BCUT2D eigenvalue weighted by atomic mass is 10.2. The third-order valence-electron chi connectivity index (χ3n) is 3.63. The van der Waals surface area contributed by atoms with Crippen LogP contribution in [0.5, 0.6) is 0 Å². The second-order valence-corrected chi connectivity index (χ2v) is 6.24. The molecule has 2 N–H and O–H groups in total. The molecule has 0 amide bonds. The number of halogens is 1. The molecular weight excluding hydrogens is 362 g/mol.